The number of anilines is 1. The van der Waals surface area contributed by atoms with E-state index in [2.05, 4.69) is 10.3 Å². The van der Waals surface area contributed by atoms with Gasteiger partial charge in [-0.05, 0) is 65.9 Å². The van der Waals surface area contributed by atoms with Gasteiger partial charge >= 0.3 is 5.69 Å². The smallest absolute Gasteiger partial charge is 0.310 e. The number of hydrogen-bond acceptors (Lipinski definition) is 8. The van der Waals surface area contributed by atoms with Crippen LogP contribution in [0.4, 0.5) is 17.1 Å². The third-order valence-corrected chi connectivity index (χ3v) is 6.99. The molecule has 0 fully saturated rings. The Balaban J connectivity index is 1.46. The molecular weight excluding hydrogens is 524 g/mol. The number of nitrogens with one attached hydrogen (secondary N) is 1. The molecule has 2 heterocycles. The quantitative estimate of drug-likeness (QED) is 0.214. The summed E-state index contributed by atoms with van der Waals surface area (Å²) in [6.07, 6.45) is 5.15. The lowest BCUT2D eigenvalue weighted by molar-refractivity contribution is -0.385. The van der Waals surface area contributed by atoms with Gasteiger partial charge in [-0.25, -0.2) is 4.98 Å². The van der Waals surface area contributed by atoms with E-state index in [0.717, 1.165) is 16.7 Å². The summed E-state index contributed by atoms with van der Waals surface area (Å²) >= 11 is 6.09. The molecule has 1 aromatic heterocycles. The van der Waals surface area contributed by atoms with Crippen LogP contribution in [-0.4, -0.2) is 42.4 Å². The summed E-state index contributed by atoms with van der Waals surface area (Å²) in [4.78, 5) is 32.8. The molecule has 1 unspecified atom stereocenters. The molecule has 1 aliphatic heterocycles. The Labute approximate surface area is 229 Å². The summed E-state index contributed by atoms with van der Waals surface area (Å²) in [5, 5.41) is 14.6. The predicted octanol–water partition coefficient (Wildman–Crippen LogP) is 5.80. The molecule has 0 saturated heterocycles. The number of carbonyl (C=O) groups is 1. The van der Waals surface area contributed by atoms with Crippen molar-refractivity contribution < 1.29 is 23.9 Å². The van der Waals surface area contributed by atoms with E-state index in [-0.39, 0.29) is 22.5 Å². The van der Waals surface area contributed by atoms with Crippen molar-refractivity contribution in [2.45, 2.75) is 19.3 Å². The molecule has 200 valence electrons. The summed E-state index contributed by atoms with van der Waals surface area (Å²) in [5.41, 5.74) is 4.25. The molecule has 11 heteroatoms. The Hall–Kier alpha value is -4.44. The fraction of sp³-hybridized carbons (Fsp3) is 0.250. The number of amides is 1. The van der Waals surface area contributed by atoms with E-state index in [1.54, 1.807) is 43.6 Å². The number of pyridine rings is 1. The second-order valence-electron chi connectivity index (χ2n) is 9.00. The van der Waals surface area contributed by atoms with Crippen molar-refractivity contribution in [2.75, 3.05) is 26.1 Å². The van der Waals surface area contributed by atoms with Gasteiger partial charge in [-0.3, -0.25) is 19.9 Å². The van der Waals surface area contributed by atoms with Crippen molar-refractivity contribution in [1.82, 2.24) is 4.98 Å². The first-order valence-electron chi connectivity index (χ1n) is 12.2. The van der Waals surface area contributed by atoms with Crippen LogP contribution in [0.15, 0.2) is 59.7 Å². The topological polar surface area (TPSA) is 125 Å². The Kier molecular flexibility index (Phi) is 7.47. The van der Waals surface area contributed by atoms with Crippen molar-refractivity contribution in [3.05, 3.63) is 81.1 Å². The van der Waals surface area contributed by atoms with Crippen molar-refractivity contribution in [1.29, 1.82) is 0 Å². The minimum Gasteiger partial charge on any atom is -0.496 e. The highest BCUT2D eigenvalue weighted by Gasteiger charge is 2.31. The van der Waals surface area contributed by atoms with Crippen LogP contribution in [-0.2, 0) is 11.2 Å². The van der Waals surface area contributed by atoms with Crippen LogP contribution in [0.5, 0.6) is 17.2 Å². The fourth-order valence-corrected chi connectivity index (χ4v) is 4.90. The van der Waals surface area contributed by atoms with Crippen LogP contribution < -0.4 is 19.5 Å². The van der Waals surface area contributed by atoms with E-state index < -0.39 is 10.8 Å². The standard InChI is InChI=1S/C28H25ClN4O6/c1-37-25-15-22-21(13-18(25)9-11-39-24-4-3-10-30-27(24)29)31-20-12-16(5-7-19(20)28(34)32-22)17-6-8-23(33(35)36)26(14-17)38-2/h3-4,6,8,10,12-15,19H,5,7,9,11H2,1-2H3,(H,32,34). The summed E-state index contributed by atoms with van der Waals surface area (Å²) in [6, 6.07) is 11.9. The van der Waals surface area contributed by atoms with E-state index in [0.29, 0.717) is 54.5 Å². The molecule has 1 amide bonds. The molecule has 0 bridgehead atoms. The molecule has 39 heavy (non-hydrogen) atoms. The highest BCUT2D eigenvalue weighted by atomic mass is 35.5. The first-order chi connectivity index (χ1) is 18.9. The van der Waals surface area contributed by atoms with E-state index in [9.17, 15) is 14.9 Å². The molecular formula is C28H25ClN4O6. The molecule has 0 spiro atoms. The molecule has 10 nitrogen and oxygen atoms in total. The van der Waals surface area contributed by atoms with Crippen molar-refractivity contribution in [3.8, 4) is 17.2 Å². The second-order valence-corrected chi connectivity index (χ2v) is 9.36. The van der Waals surface area contributed by atoms with Gasteiger partial charge in [0, 0.05) is 24.8 Å². The van der Waals surface area contributed by atoms with Gasteiger partial charge in [0.25, 0.3) is 0 Å². The minimum absolute atomic E-state index is 0.105. The average molecular weight is 549 g/mol. The van der Waals surface area contributed by atoms with Gasteiger partial charge in [-0.1, -0.05) is 11.6 Å². The van der Waals surface area contributed by atoms with E-state index in [1.807, 2.05) is 12.1 Å². The normalized spacial score (nSPS) is 16.1. The van der Waals surface area contributed by atoms with Gasteiger partial charge in [0.1, 0.15) is 5.75 Å². The van der Waals surface area contributed by atoms with Gasteiger partial charge in [-0.2, -0.15) is 0 Å². The average Bonchev–Trinajstić information content (AvgIpc) is 3.07. The fourth-order valence-electron chi connectivity index (χ4n) is 4.73. The van der Waals surface area contributed by atoms with E-state index in [4.69, 9.17) is 30.8 Å². The van der Waals surface area contributed by atoms with Gasteiger partial charge < -0.3 is 19.5 Å². The maximum atomic E-state index is 13.1. The second kappa shape index (κ2) is 11.1. The monoisotopic (exact) mass is 548 g/mol. The van der Waals surface area contributed by atoms with Crippen molar-refractivity contribution >= 4 is 45.9 Å². The number of aromatic nitrogens is 1. The Bertz CT molecular complexity index is 1520. The molecule has 0 saturated carbocycles. The molecule has 2 aromatic carbocycles. The largest absolute Gasteiger partial charge is 0.496 e. The van der Waals surface area contributed by atoms with Crippen molar-refractivity contribution in [2.24, 2.45) is 10.9 Å². The summed E-state index contributed by atoms with van der Waals surface area (Å²) < 4.78 is 16.6. The molecule has 5 rings (SSSR count). The maximum absolute atomic E-state index is 13.1. The number of aliphatic imine (C=N–C) groups is 1. The van der Waals surface area contributed by atoms with Crippen LogP contribution in [0, 0.1) is 16.0 Å². The highest BCUT2D eigenvalue weighted by Crippen LogP contribution is 2.40. The number of nitro groups is 1. The SMILES string of the molecule is COc1cc2c(cc1CCOc1cccnc1Cl)N=C1C=C(c3ccc([N+](=O)[O-])c(OC)c3)CCC1C(=O)N2. The summed E-state index contributed by atoms with van der Waals surface area (Å²) in [7, 11) is 2.97. The number of carbonyl (C=O) groups excluding carboxylic acids is 1. The summed E-state index contributed by atoms with van der Waals surface area (Å²) in [5.74, 6) is 0.707. The van der Waals surface area contributed by atoms with Gasteiger partial charge in [-0.15, -0.1) is 0 Å². The lowest BCUT2D eigenvalue weighted by Gasteiger charge is -2.22. The number of rotatable bonds is 8. The van der Waals surface area contributed by atoms with Gasteiger partial charge in [0.05, 0.1) is 48.8 Å². The van der Waals surface area contributed by atoms with Crippen LogP contribution >= 0.6 is 11.6 Å². The van der Waals surface area contributed by atoms with E-state index in [1.165, 1.54) is 13.2 Å². The molecule has 1 aliphatic carbocycles. The van der Waals surface area contributed by atoms with Crippen LogP contribution in [0.2, 0.25) is 5.15 Å². The van der Waals surface area contributed by atoms with E-state index >= 15 is 0 Å². The molecule has 3 aromatic rings. The first-order valence-corrected chi connectivity index (χ1v) is 12.6. The number of fused-ring (bicyclic) bond motifs is 2. The van der Waals surface area contributed by atoms with Crippen molar-refractivity contribution in [3.63, 3.8) is 0 Å². The molecule has 1 atom stereocenters. The summed E-state index contributed by atoms with van der Waals surface area (Å²) in [6.45, 7) is 0.331. The lowest BCUT2D eigenvalue weighted by atomic mass is 9.84. The highest BCUT2D eigenvalue weighted by molar-refractivity contribution is 6.30. The third kappa shape index (κ3) is 5.42. The predicted molar refractivity (Wildman–Crippen MR) is 148 cm³/mol. The van der Waals surface area contributed by atoms with Gasteiger partial charge in [0.2, 0.25) is 5.91 Å². The zero-order valence-corrected chi connectivity index (χ0v) is 22.0. The van der Waals surface area contributed by atoms with Crippen LogP contribution in [0.1, 0.15) is 24.0 Å². The minimum atomic E-state index is -0.479. The number of methoxy groups -OCH3 is 2. The number of benzene rings is 2. The maximum Gasteiger partial charge on any atom is 0.310 e. The number of nitro benzene ring substituents is 1. The first kappa shape index (κ1) is 26.2. The molecule has 0 radical (unpaired) electrons. The Morgan fingerprint density at radius 1 is 1.13 bits per heavy atom. The lowest BCUT2D eigenvalue weighted by Crippen LogP contribution is -2.29. The molecule has 1 N–H and O–H groups in total. The zero-order chi connectivity index (χ0) is 27.5. The Morgan fingerprint density at radius 2 is 1.95 bits per heavy atom. The number of nitrogens with zero attached hydrogens (tertiary/aromatic N) is 3. The number of halogens is 1. The number of ether oxygens (including phenoxy) is 3. The number of allylic oxidation sites excluding steroid dienone is 2. The van der Waals surface area contributed by atoms with Gasteiger partial charge in [0.15, 0.2) is 16.7 Å². The van der Waals surface area contributed by atoms with Crippen LogP contribution in [0.25, 0.3) is 5.57 Å². The molecule has 2 aliphatic rings. The number of hydrogen-bond donors (Lipinski definition) is 1. The third-order valence-electron chi connectivity index (χ3n) is 6.71. The zero-order valence-electron chi connectivity index (χ0n) is 21.3. The Morgan fingerprint density at radius 3 is 2.69 bits per heavy atom. The van der Waals surface area contributed by atoms with Crippen LogP contribution in [0.3, 0.4) is 0 Å².